The molecule has 0 fully saturated rings. The number of aromatic nitrogens is 3. The number of fused-ring (bicyclic) bond motifs is 1. The molecular weight excluding hydrogens is 340 g/mol. The van der Waals surface area contributed by atoms with Crippen molar-refractivity contribution in [3.8, 4) is 10.6 Å². The predicted molar refractivity (Wildman–Crippen MR) is 97.6 cm³/mol. The molecule has 0 radical (unpaired) electrons. The highest BCUT2D eigenvalue weighted by molar-refractivity contribution is 7.71. The van der Waals surface area contributed by atoms with Crippen molar-refractivity contribution in [3.05, 3.63) is 67.8 Å². The highest BCUT2D eigenvalue weighted by Crippen LogP contribution is 2.23. The lowest BCUT2D eigenvalue weighted by molar-refractivity contribution is 0.239. The van der Waals surface area contributed by atoms with Gasteiger partial charge in [0.05, 0.1) is 21.8 Å². The van der Waals surface area contributed by atoms with Gasteiger partial charge in [0.1, 0.15) is 0 Å². The van der Waals surface area contributed by atoms with Crippen LogP contribution in [0, 0.1) is 4.77 Å². The zero-order valence-electron chi connectivity index (χ0n) is 12.9. The van der Waals surface area contributed by atoms with Crippen LogP contribution in [-0.2, 0) is 19.5 Å². The molecular formula is C17H16N4OS2. The zero-order valence-corrected chi connectivity index (χ0v) is 14.5. The van der Waals surface area contributed by atoms with Gasteiger partial charge in [0.25, 0.3) is 5.56 Å². The molecule has 0 amide bonds. The molecule has 0 unspecified atom stereocenters. The molecule has 1 aliphatic rings. The fraction of sp³-hybridized carbons (Fsp3) is 0.235. The van der Waals surface area contributed by atoms with Gasteiger partial charge in [-0.25, -0.2) is 0 Å². The van der Waals surface area contributed by atoms with Gasteiger partial charge >= 0.3 is 0 Å². The molecule has 0 saturated carbocycles. The lowest BCUT2D eigenvalue weighted by Gasteiger charge is -2.27. The topological polar surface area (TPSA) is 64.8 Å². The van der Waals surface area contributed by atoms with E-state index in [0.717, 1.165) is 42.2 Å². The molecule has 5 nitrogen and oxygen atoms in total. The first-order chi connectivity index (χ1) is 11.7. The summed E-state index contributed by atoms with van der Waals surface area (Å²) in [6.45, 7) is 2.22. The summed E-state index contributed by atoms with van der Waals surface area (Å²) in [6.07, 6.45) is 0.799. The zero-order chi connectivity index (χ0) is 16.5. The Labute approximate surface area is 148 Å². The maximum atomic E-state index is 12.1. The summed E-state index contributed by atoms with van der Waals surface area (Å²) in [7, 11) is 0. The van der Waals surface area contributed by atoms with E-state index in [0.29, 0.717) is 11.3 Å². The Hall–Kier alpha value is -2.09. The first-order valence-electron chi connectivity index (χ1n) is 7.75. The Bertz CT molecular complexity index is 975. The van der Waals surface area contributed by atoms with Gasteiger partial charge < -0.3 is 4.98 Å². The van der Waals surface area contributed by atoms with Crippen molar-refractivity contribution < 1.29 is 0 Å². The molecule has 3 aromatic rings. The molecule has 1 aliphatic heterocycles. The van der Waals surface area contributed by atoms with Crippen LogP contribution in [0.1, 0.15) is 17.0 Å². The molecule has 0 spiro atoms. The molecule has 7 heteroatoms. The second-order valence-electron chi connectivity index (χ2n) is 5.82. The summed E-state index contributed by atoms with van der Waals surface area (Å²) in [6, 6.07) is 10.2. The van der Waals surface area contributed by atoms with Crippen molar-refractivity contribution in [2.45, 2.75) is 19.5 Å². The van der Waals surface area contributed by atoms with Crippen molar-refractivity contribution in [3.63, 3.8) is 0 Å². The predicted octanol–water partition coefficient (Wildman–Crippen LogP) is 3.11. The number of rotatable bonds is 3. The summed E-state index contributed by atoms with van der Waals surface area (Å²) >= 11 is 6.73. The van der Waals surface area contributed by atoms with Gasteiger partial charge in [0, 0.05) is 31.7 Å². The smallest absolute Gasteiger partial charge is 0.256 e. The summed E-state index contributed by atoms with van der Waals surface area (Å²) < 4.78 is 0.400. The summed E-state index contributed by atoms with van der Waals surface area (Å²) in [5.74, 6) is 0. The number of nitrogens with one attached hydrogen (secondary N) is 2. The van der Waals surface area contributed by atoms with E-state index in [2.05, 4.69) is 26.3 Å². The molecule has 0 bridgehead atoms. The highest BCUT2D eigenvalue weighted by atomic mass is 32.1. The third kappa shape index (κ3) is 3.10. The highest BCUT2D eigenvalue weighted by Gasteiger charge is 2.20. The van der Waals surface area contributed by atoms with E-state index < -0.39 is 0 Å². The Morgan fingerprint density at radius 3 is 3.00 bits per heavy atom. The van der Waals surface area contributed by atoms with Crippen LogP contribution < -0.4 is 5.56 Å². The van der Waals surface area contributed by atoms with E-state index in [1.807, 2.05) is 24.3 Å². The Balaban J connectivity index is 1.56. The van der Waals surface area contributed by atoms with Gasteiger partial charge in [-0.05, 0) is 35.8 Å². The number of pyridine rings is 1. The Morgan fingerprint density at radius 1 is 1.25 bits per heavy atom. The summed E-state index contributed by atoms with van der Waals surface area (Å²) in [5.41, 5.74) is 3.68. The van der Waals surface area contributed by atoms with Crippen LogP contribution >= 0.6 is 23.6 Å². The standard InChI is InChI=1S/C17H16N4OS2/c22-16-12-10-21(7-6-13(12)19-17(23)20-16)9-11-3-1-4-14(18-11)15-5-2-8-24-15/h1-5,8H,6-7,9-10H2,(H2,19,20,22,23). The first-order valence-corrected chi connectivity index (χ1v) is 9.04. The third-order valence-corrected chi connectivity index (χ3v) is 5.25. The largest absolute Gasteiger partial charge is 0.335 e. The number of hydrogen-bond donors (Lipinski definition) is 2. The van der Waals surface area contributed by atoms with E-state index >= 15 is 0 Å². The fourth-order valence-corrected chi connectivity index (χ4v) is 3.92. The molecule has 2 N–H and O–H groups in total. The first kappa shape index (κ1) is 15.4. The number of hydrogen-bond acceptors (Lipinski definition) is 5. The van der Waals surface area contributed by atoms with Crippen LogP contribution in [0.15, 0.2) is 40.5 Å². The molecule has 0 saturated heterocycles. The van der Waals surface area contributed by atoms with Crippen molar-refractivity contribution >= 4 is 23.6 Å². The van der Waals surface area contributed by atoms with Gasteiger partial charge in [-0.2, -0.15) is 0 Å². The van der Waals surface area contributed by atoms with Crippen molar-refractivity contribution in [2.24, 2.45) is 0 Å². The second-order valence-corrected chi connectivity index (χ2v) is 7.17. The number of H-pyrrole nitrogens is 2. The minimum absolute atomic E-state index is 0.0845. The van der Waals surface area contributed by atoms with Crippen LogP contribution in [0.2, 0.25) is 0 Å². The van der Waals surface area contributed by atoms with E-state index in [-0.39, 0.29) is 5.56 Å². The lowest BCUT2D eigenvalue weighted by Crippen LogP contribution is -2.35. The average Bonchev–Trinajstić information content (AvgIpc) is 3.10. The van der Waals surface area contributed by atoms with Crippen molar-refractivity contribution in [1.29, 1.82) is 0 Å². The van der Waals surface area contributed by atoms with Crippen LogP contribution in [0.3, 0.4) is 0 Å². The van der Waals surface area contributed by atoms with Gasteiger partial charge in [-0.3, -0.25) is 19.7 Å². The van der Waals surface area contributed by atoms with Gasteiger partial charge in [-0.1, -0.05) is 12.1 Å². The summed E-state index contributed by atoms with van der Waals surface area (Å²) in [4.78, 5) is 26.1. The van der Waals surface area contributed by atoms with E-state index in [9.17, 15) is 4.79 Å². The molecule has 0 atom stereocenters. The third-order valence-electron chi connectivity index (χ3n) is 4.16. The molecule has 122 valence electrons. The van der Waals surface area contributed by atoms with Crippen LogP contribution in [0.5, 0.6) is 0 Å². The maximum absolute atomic E-state index is 12.1. The number of aromatic amines is 2. The van der Waals surface area contributed by atoms with E-state index in [1.54, 1.807) is 11.3 Å². The van der Waals surface area contributed by atoms with E-state index in [1.165, 1.54) is 4.88 Å². The SMILES string of the molecule is O=c1[nH]c(=S)[nH]c2c1CN(Cc1cccc(-c3cccs3)n1)CC2. The Morgan fingerprint density at radius 2 is 2.17 bits per heavy atom. The fourth-order valence-electron chi connectivity index (χ4n) is 3.01. The normalized spacial score (nSPS) is 14.5. The van der Waals surface area contributed by atoms with Crippen molar-refractivity contribution in [2.75, 3.05) is 6.54 Å². The average molecular weight is 356 g/mol. The van der Waals surface area contributed by atoms with Crippen LogP contribution in [-0.4, -0.2) is 26.4 Å². The molecule has 4 rings (SSSR count). The Kier molecular flexibility index (Phi) is 4.13. The minimum Gasteiger partial charge on any atom is -0.335 e. The van der Waals surface area contributed by atoms with Crippen LogP contribution in [0.4, 0.5) is 0 Å². The molecule has 0 aromatic carbocycles. The van der Waals surface area contributed by atoms with E-state index in [4.69, 9.17) is 17.2 Å². The van der Waals surface area contributed by atoms with Gasteiger partial charge in [-0.15, -0.1) is 11.3 Å². The monoisotopic (exact) mass is 356 g/mol. The van der Waals surface area contributed by atoms with Crippen LogP contribution in [0.25, 0.3) is 10.6 Å². The second kappa shape index (κ2) is 6.43. The van der Waals surface area contributed by atoms with Gasteiger partial charge in [0.15, 0.2) is 4.77 Å². The molecule has 0 aliphatic carbocycles. The number of nitrogens with zero attached hydrogens (tertiary/aromatic N) is 2. The lowest BCUT2D eigenvalue weighted by atomic mass is 10.1. The maximum Gasteiger partial charge on any atom is 0.256 e. The quantitative estimate of drug-likeness (QED) is 0.708. The number of thiophene rings is 1. The molecule has 3 aromatic heterocycles. The van der Waals surface area contributed by atoms with Gasteiger partial charge in [0.2, 0.25) is 0 Å². The molecule has 4 heterocycles. The van der Waals surface area contributed by atoms with Crippen molar-refractivity contribution in [1.82, 2.24) is 19.9 Å². The molecule has 24 heavy (non-hydrogen) atoms. The minimum atomic E-state index is -0.0845. The summed E-state index contributed by atoms with van der Waals surface area (Å²) in [5, 5.41) is 2.06.